The Labute approximate surface area is 101 Å². The van der Waals surface area contributed by atoms with E-state index in [1.165, 1.54) is 25.9 Å². The lowest BCUT2D eigenvalue weighted by Gasteiger charge is -2.37. The SMILES string of the molecule is CCNC(C)C1CCCN(CC(C)OC)C1. The van der Waals surface area contributed by atoms with Crippen LogP contribution >= 0.6 is 0 Å². The first-order valence-electron chi connectivity index (χ1n) is 6.65. The van der Waals surface area contributed by atoms with Gasteiger partial charge < -0.3 is 15.0 Å². The molecule has 16 heavy (non-hydrogen) atoms. The van der Waals surface area contributed by atoms with Gasteiger partial charge >= 0.3 is 0 Å². The van der Waals surface area contributed by atoms with Crippen molar-refractivity contribution < 1.29 is 4.74 Å². The van der Waals surface area contributed by atoms with Crippen molar-refractivity contribution in [3.8, 4) is 0 Å². The summed E-state index contributed by atoms with van der Waals surface area (Å²) in [5, 5.41) is 3.55. The second-order valence-corrected chi connectivity index (χ2v) is 5.05. The summed E-state index contributed by atoms with van der Waals surface area (Å²) < 4.78 is 5.34. The van der Waals surface area contributed by atoms with Crippen molar-refractivity contribution in [3.63, 3.8) is 0 Å². The van der Waals surface area contributed by atoms with Gasteiger partial charge in [0.15, 0.2) is 0 Å². The minimum absolute atomic E-state index is 0.355. The number of hydrogen-bond acceptors (Lipinski definition) is 3. The first-order chi connectivity index (χ1) is 7.67. The molecule has 3 atom stereocenters. The molecule has 1 N–H and O–H groups in total. The largest absolute Gasteiger partial charge is 0.380 e. The van der Waals surface area contributed by atoms with E-state index >= 15 is 0 Å². The molecule has 1 aliphatic heterocycles. The normalized spacial score (nSPS) is 26.6. The van der Waals surface area contributed by atoms with Crippen molar-refractivity contribution in [3.05, 3.63) is 0 Å². The van der Waals surface area contributed by atoms with Gasteiger partial charge in [-0.2, -0.15) is 0 Å². The average molecular weight is 228 g/mol. The van der Waals surface area contributed by atoms with Crippen LogP contribution in [-0.2, 0) is 4.74 Å². The van der Waals surface area contributed by atoms with Gasteiger partial charge in [-0.15, -0.1) is 0 Å². The molecule has 0 aliphatic carbocycles. The lowest BCUT2D eigenvalue weighted by molar-refractivity contribution is 0.0548. The molecular formula is C13H28N2O. The Morgan fingerprint density at radius 2 is 2.19 bits per heavy atom. The predicted molar refractivity (Wildman–Crippen MR) is 68.8 cm³/mol. The Morgan fingerprint density at radius 1 is 1.44 bits per heavy atom. The first kappa shape index (κ1) is 13.9. The fourth-order valence-electron chi connectivity index (χ4n) is 2.59. The topological polar surface area (TPSA) is 24.5 Å². The molecule has 0 saturated carbocycles. The molecule has 1 saturated heterocycles. The summed E-state index contributed by atoms with van der Waals surface area (Å²) in [5.41, 5.74) is 0. The monoisotopic (exact) mass is 228 g/mol. The quantitative estimate of drug-likeness (QED) is 0.749. The summed E-state index contributed by atoms with van der Waals surface area (Å²) in [4.78, 5) is 2.55. The summed E-state index contributed by atoms with van der Waals surface area (Å²) in [7, 11) is 1.80. The van der Waals surface area contributed by atoms with E-state index in [1.54, 1.807) is 7.11 Å². The third kappa shape index (κ3) is 4.40. The van der Waals surface area contributed by atoms with Crippen LogP contribution in [0.4, 0.5) is 0 Å². The molecule has 0 aromatic heterocycles. The Morgan fingerprint density at radius 3 is 2.81 bits per heavy atom. The minimum atomic E-state index is 0.355. The maximum Gasteiger partial charge on any atom is 0.0670 e. The Bertz CT molecular complexity index is 187. The number of methoxy groups -OCH3 is 1. The van der Waals surface area contributed by atoms with Crippen molar-refractivity contribution in [2.24, 2.45) is 5.92 Å². The van der Waals surface area contributed by atoms with Crippen LogP contribution in [0.5, 0.6) is 0 Å². The van der Waals surface area contributed by atoms with Crippen molar-refractivity contribution in [1.82, 2.24) is 10.2 Å². The van der Waals surface area contributed by atoms with Crippen LogP contribution in [0.2, 0.25) is 0 Å². The first-order valence-corrected chi connectivity index (χ1v) is 6.65. The predicted octanol–water partition coefficient (Wildman–Crippen LogP) is 1.73. The van der Waals surface area contributed by atoms with Gasteiger partial charge in [-0.1, -0.05) is 6.92 Å². The number of piperidine rings is 1. The molecule has 0 aromatic rings. The van der Waals surface area contributed by atoms with Gasteiger partial charge in [0, 0.05) is 26.2 Å². The number of rotatable bonds is 6. The maximum absolute atomic E-state index is 5.34. The lowest BCUT2D eigenvalue weighted by atomic mass is 9.91. The highest BCUT2D eigenvalue weighted by atomic mass is 16.5. The number of ether oxygens (including phenoxy) is 1. The van der Waals surface area contributed by atoms with Crippen LogP contribution in [0.1, 0.15) is 33.6 Å². The van der Waals surface area contributed by atoms with Crippen molar-refractivity contribution in [1.29, 1.82) is 0 Å². The molecule has 3 heteroatoms. The summed E-state index contributed by atoms with van der Waals surface area (Å²) in [6.07, 6.45) is 3.05. The van der Waals surface area contributed by atoms with E-state index in [2.05, 4.69) is 31.0 Å². The van der Waals surface area contributed by atoms with E-state index in [1.807, 2.05) is 0 Å². The van der Waals surface area contributed by atoms with Crippen LogP contribution < -0.4 is 5.32 Å². The van der Waals surface area contributed by atoms with E-state index in [0.717, 1.165) is 19.0 Å². The fourth-order valence-corrected chi connectivity index (χ4v) is 2.59. The molecule has 0 bridgehead atoms. The van der Waals surface area contributed by atoms with Gasteiger partial charge in [0.2, 0.25) is 0 Å². The third-order valence-electron chi connectivity index (χ3n) is 3.69. The summed E-state index contributed by atoms with van der Waals surface area (Å²) >= 11 is 0. The molecule has 1 heterocycles. The second-order valence-electron chi connectivity index (χ2n) is 5.05. The molecule has 1 rings (SSSR count). The number of nitrogens with zero attached hydrogens (tertiary/aromatic N) is 1. The minimum Gasteiger partial charge on any atom is -0.380 e. The Hall–Kier alpha value is -0.120. The highest BCUT2D eigenvalue weighted by molar-refractivity contribution is 4.80. The van der Waals surface area contributed by atoms with Crippen LogP contribution in [0.3, 0.4) is 0 Å². The van der Waals surface area contributed by atoms with E-state index in [-0.39, 0.29) is 0 Å². The van der Waals surface area contributed by atoms with Crippen LogP contribution in [0, 0.1) is 5.92 Å². The molecule has 3 nitrogen and oxygen atoms in total. The molecular weight excluding hydrogens is 200 g/mol. The van der Waals surface area contributed by atoms with Crippen molar-refractivity contribution >= 4 is 0 Å². The maximum atomic E-state index is 5.34. The zero-order chi connectivity index (χ0) is 12.0. The van der Waals surface area contributed by atoms with Gasteiger partial charge in [0.05, 0.1) is 6.10 Å². The standard InChI is InChI=1S/C13H28N2O/c1-5-14-12(3)13-7-6-8-15(10-13)9-11(2)16-4/h11-14H,5-10H2,1-4H3. The van der Waals surface area contributed by atoms with Gasteiger partial charge in [0.25, 0.3) is 0 Å². The van der Waals surface area contributed by atoms with E-state index < -0.39 is 0 Å². The Balaban J connectivity index is 2.34. The van der Waals surface area contributed by atoms with E-state index in [4.69, 9.17) is 4.74 Å². The molecule has 0 radical (unpaired) electrons. The van der Waals surface area contributed by atoms with Crippen molar-refractivity contribution in [2.45, 2.75) is 45.8 Å². The summed E-state index contributed by atoms with van der Waals surface area (Å²) in [6.45, 7) is 11.3. The third-order valence-corrected chi connectivity index (χ3v) is 3.69. The van der Waals surface area contributed by atoms with Gasteiger partial charge in [0.1, 0.15) is 0 Å². The average Bonchev–Trinajstić information content (AvgIpc) is 2.29. The number of hydrogen-bond donors (Lipinski definition) is 1. The molecule has 0 spiro atoms. The fraction of sp³-hybridized carbons (Fsp3) is 1.00. The van der Waals surface area contributed by atoms with E-state index in [9.17, 15) is 0 Å². The highest BCUT2D eigenvalue weighted by Gasteiger charge is 2.24. The number of nitrogens with one attached hydrogen (secondary N) is 1. The highest BCUT2D eigenvalue weighted by Crippen LogP contribution is 2.20. The molecule has 96 valence electrons. The van der Waals surface area contributed by atoms with Crippen molar-refractivity contribution in [2.75, 3.05) is 33.3 Å². The van der Waals surface area contributed by atoms with Gasteiger partial charge in [-0.25, -0.2) is 0 Å². The van der Waals surface area contributed by atoms with Crippen LogP contribution in [-0.4, -0.2) is 50.3 Å². The zero-order valence-electron chi connectivity index (χ0n) is 11.3. The zero-order valence-corrected chi connectivity index (χ0v) is 11.3. The van der Waals surface area contributed by atoms with E-state index in [0.29, 0.717) is 12.1 Å². The van der Waals surface area contributed by atoms with Gasteiger partial charge in [-0.3, -0.25) is 0 Å². The molecule has 1 aliphatic rings. The van der Waals surface area contributed by atoms with Gasteiger partial charge in [-0.05, 0) is 45.7 Å². The smallest absolute Gasteiger partial charge is 0.0670 e. The molecule has 1 fully saturated rings. The van der Waals surface area contributed by atoms with Crippen LogP contribution in [0.15, 0.2) is 0 Å². The molecule has 0 amide bonds. The summed E-state index contributed by atoms with van der Waals surface area (Å²) in [6, 6.07) is 0.644. The lowest BCUT2D eigenvalue weighted by Crippen LogP contribution is -2.46. The second kappa shape index (κ2) is 7.25. The number of likely N-dealkylation sites (tertiary alicyclic amines) is 1. The molecule has 3 unspecified atom stereocenters. The van der Waals surface area contributed by atoms with Crippen LogP contribution in [0.25, 0.3) is 0 Å². The Kier molecular flexibility index (Phi) is 6.32. The molecule has 0 aromatic carbocycles. The summed E-state index contributed by atoms with van der Waals surface area (Å²) in [5.74, 6) is 0.803.